The van der Waals surface area contributed by atoms with Crippen LogP contribution in [-0.4, -0.2) is 54.1 Å². The number of aromatic nitrogens is 2. The molecular formula is C26H21F3N6O3S. The average molecular weight is 555 g/mol. The highest BCUT2D eigenvalue weighted by atomic mass is 32.1. The van der Waals surface area contributed by atoms with Crippen molar-refractivity contribution >= 4 is 39.7 Å². The van der Waals surface area contributed by atoms with E-state index < -0.39 is 23.8 Å². The predicted molar refractivity (Wildman–Crippen MR) is 140 cm³/mol. The predicted octanol–water partition coefficient (Wildman–Crippen LogP) is 4.88. The quantitative estimate of drug-likeness (QED) is 0.362. The lowest BCUT2D eigenvalue weighted by atomic mass is 10.0. The van der Waals surface area contributed by atoms with E-state index in [1.54, 1.807) is 4.90 Å². The van der Waals surface area contributed by atoms with E-state index in [0.717, 1.165) is 23.4 Å². The van der Waals surface area contributed by atoms with Gasteiger partial charge in [-0.1, -0.05) is 30.3 Å². The minimum atomic E-state index is -4.55. The Morgan fingerprint density at radius 2 is 1.87 bits per heavy atom. The summed E-state index contributed by atoms with van der Waals surface area (Å²) in [6, 6.07) is 12.4. The number of aliphatic imine (C=N–C) groups is 1. The number of nitrogens with one attached hydrogen (secondary N) is 2. The first-order valence-electron chi connectivity index (χ1n) is 12.0. The van der Waals surface area contributed by atoms with Crippen LogP contribution in [0.25, 0.3) is 11.5 Å². The zero-order chi connectivity index (χ0) is 27.0. The van der Waals surface area contributed by atoms with Gasteiger partial charge >= 0.3 is 6.18 Å². The van der Waals surface area contributed by atoms with Gasteiger partial charge in [-0.2, -0.15) is 13.2 Å². The van der Waals surface area contributed by atoms with Crippen LogP contribution in [0.3, 0.4) is 0 Å². The highest BCUT2D eigenvalue weighted by Gasteiger charge is 2.33. The summed E-state index contributed by atoms with van der Waals surface area (Å²) in [6.45, 7) is 1.56. The number of carbonyl (C=O) groups excluding carboxylic acids is 1. The summed E-state index contributed by atoms with van der Waals surface area (Å²) in [5, 5.41) is 8.33. The van der Waals surface area contributed by atoms with E-state index in [9.17, 15) is 18.0 Å². The van der Waals surface area contributed by atoms with E-state index in [1.807, 2.05) is 41.8 Å². The number of alkyl halides is 3. The summed E-state index contributed by atoms with van der Waals surface area (Å²) >= 11 is 1.39. The van der Waals surface area contributed by atoms with Crippen molar-refractivity contribution in [2.24, 2.45) is 4.99 Å². The monoisotopic (exact) mass is 554 g/mol. The molecule has 2 N–H and O–H groups in total. The van der Waals surface area contributed by atoms with E-state index in [-0.39, 0.29) is 23.2 Å². The zero-order valence-electron chi connectivity index (χ0n) is 20.2. The van der Waals surface area contributed by atoms with Crippen LogP contribution in [-0.2, 0) is 15.7 Å². The molecule has 5 heterocycles. The molecule has 200 valence electrons. The number of hydrogen-bond donors (Lipinski definition) is 2. The standard InChI is InChI=1S/C26H21F3N6O3S/c27-26(28,29)16-12-18(35-7-9-37-10-8-35)21(30-13-16)19-14-31-25(38-19)33-22-23(36)34-24-17(6-11-39-24)20(32-22)15-4-2-1-3-5-15/h1-6,11-14,22H,7-10H2,(H,31,33)(H,34,36). The smallest absolute Gasteiger partial charge is 0.417 e. The summed E-state index contributed by atoms with van der Waals surface area (Å²) in [6.07, 6.45) is -3.51. The van der Waals surface area contributed by atoms with Crippen LogP contribution in [0.4, 0.5) is 29.9 Å². The molecule has 39 heavy (non-hydrogen) atoms. The number of ether oxygens (including phenoxy) is 1. The number of carbonyl (C=O) groups is 1. The van der Waals surface area contributed by atoms with E-state index in [2.05, 4.69) is 25.6 Å². The third-order valence-electron chi connectivity index (χ3n) is 6.26. The van der Waals surface area contributed by atoms with Crippen LogP contribution in [0.15, 0.2) is 69.6 Å². The number of fused-ring (bicyclic) bond motifs is 1. The van der Waals surface area contributed by atoms with Gasteiger partial charge in [-0.25, -0.2) is 9.98 Å². The third kappa shape index (κ3) is 5.10. The normalized spacial score (nSPS) is 17.7. The van der Waals surface area contributed by atoms with Gasteiger partial charge in [0, 0.05) is 30.4 Å². The highest BCUT2D eigenvalue weighted by molar-refractivity contribution is 7.14. The molecule has 13 heteroatoms. The average Bonchev–Trinajstić information content (AvgIpc) is 3.58. The fourth-order valence-electron chi connectivity index (χ4n) is 4.36. The Labute approximate surface area is 224 Å². The lowest BCUT2D eigenvalue weighted by Crippen LogP contribution is -2.36. The molecule has 4 aromatic rings. The molecule has 0 aliphatic carbocycles. The third-order valence-corrected chi connectivity index (χ3v) is 7.09. The Morgan fingerprint density at radius 1 is 1.08 bits per heavy atom. The van der Waals surface area contributed by atoms with Crippen molar-refractivity contribution in [2.45, 2.75) is 12.3 Å². The molecule has 1 aromatic carbocycles. The molecule has 0 bridgehead atoms. The van der Waals surface area contributed by atoms with Crippen LogP contribution in [0.1, 0.15) is 16.7 Å². The number of benzene rings is 1. The van der Waals surface area contributed by atoms with Gasteiger partial charge < -0.3 is 24.7 Å². The number of nitrogens with zero attached hydrogens (tertiary/aromatic N) is 4. The maximum Gasteiger partial charge on any atom is 0.417 e. The van der Waals surface area contributed by atoms with Gasteiger partial charge in [-0.15, -0.1) is 11.3 Å². The Kier molecular flexibility index (Phi) is 6.53. The largest absolute Gasteiger partial charge is 0.422 e. The van der Waals surface area contributed by atoms with Crippen LogP contribution in [0, 0.1) is 0 Å². The van der Waals surface area contributed by atoms with Crippen LogP contribution in [0.2, 0.25) is 0 Å². The maximum atomic E-state index is 13.5. The second kappa shape index (κ2) is 10.2. The Balaban J connectivity index is 1.33. The van der Waals surface area contributed by atoms with Crippen LogP contribution < -0.4 is 15.5 Å². The summed E-state index contributed by atoms with van der Waals surface area (Å²) in [5.41, 5.74) is 1.84. The van der Waals surface area contributed by atoms with Crippen LogP contribution in [0.5, 0.6) is 0 Å². The van der Waals surface area contributed by atoms with Gasteiger partial charge in [0.1, 0.15) is 10.7 Å². The molecule has 2 aliphatic rings. The van der Waals surface area contributed by atoms with E-state index >= 15 is 0 Å². The van der Waals surface area contributed by atoms with Crippen molar-refractivity contribution in [3.63, 3.8) is 0 Å². The van der Waals surface area contributed by atoms with Crippen molar-refractivity contribution in [1.29, 1.82) is 0 Å². The van der Waals surface area contributed by atoms with Gasteiger partial charge in [0.25, 0.3) is 11.9 Å². The molecule has 1 saturated heterocycles. The number of rotatable bonds is 5. The fourth-order valence-corrected chi connectivity index (χ4v) is 5.16. The molecule has 0 radical (unpaired) electrons. The number of pyridine rings is 1. The SMILES string of the molecule is O=C1Nc2sccc2C(c2ccccc2)=NC1Nc1ncc(-c2ncc(C(F)(F)F)cc2N2CCOCC2)o1. The fraction of sp³-hybridized carbons (Fsp3) is 0.231. The van der Waals surface area contributed by atoms with Crippen molar-refractivity contribution in [3.05, 3.63) is 76.9 Å². The molecule has 1 amide bonds. The molecule has 1 atom stereocenters. The van der Waals surface area contributed by atoms with Gasteiger partial charge in [-0.3, -0.25) is 9.78 Å². The first kappa shape index (κ1) is 25.1. The van der Waals surface area contributed by atoms with E-state index in [4.69, 9.17) is 9.15 Å². The number of oxazole rings is 1. The topological polar surface area (TPSA) is 105 Å². The minimum Gasteiger partial charge on any atom is -0.422 e. The van der Waals surface area contributed by atoms with E-state index in [1.165, 1.54) is 17.5 Å². The lowest BCUT2D eigenvalue weighted by molar-refractivity contribution is -0.137. The summed E-state index contributed by atoms with van der Waals surface area (Å²) in [4.78, 5) is 27.8. The molecule has 9 nitrogen and oxygen atoms in total. The van der Waals surface area contributed by atoms with E-state index in [0.29, 0.717) is 37.0 Å². The first-order valence-corrected chi connectivity index (χ1v) is 12.9. The second-order valence-corrected chi connectivity index (χ2v) is 9.68. The molecule has 0 saturated carbocycles. The van der Waals surface area contributed by atoms with Gasteiger partial charge in [0.15, 0.2) is 5.76 Å². The molecule has 6 rings (SSSR count). The van der Waals surface area contributed by atoms with Gasteiger partial charge in [-0.05, 0) is 17.5 Å². The Morgan fingerprint density at radius 3 is 2.64 bits per heavy atom. The molecular weight excluding hydrogens is 533 g/mol. The number of amides is 1. The number of morpholine rings is 1. The molecule has 0 spiro atoms. The number of halogens is 3. The molecule has 1 fully saturated rings. The molecule has 3 aromatic heterocycles. The number of anilines is 3. The maximum absolute atomic E-state index is 13.5. The second-order valence-electron chi connectivity index (χ2n) is 8.76. The number of thiophene rings is 1. The van der Waals surface area contributed by atoms with Crippen molar-refractivity contribution < 1.29 is 27.1 Å². The Hall–Kier alpha value is -4.23. The summed E-state index contributed by atoms with van der Waals surface area (Å²) < 4.78 is 51.6. The summed E-state index contributed by atoms with van der Waals surface area (Å²) in [5.74, 6) is -0.265. The number of hydrogen-bond acceptors (Lipinski definition) is 9. The Bertz CT molecular complexity index is 1530. The van der Waals surface area contributed by atoms with Crippen LogP contribution >= 0.6 is 11.3 Å². The first-order chi connectivity index (χ1) is 18.9. The lowest BCUT2D eigenvalue weighted by Gasteiger charge is -2.30. The zero-order valence-corrected chi connectivity index (χ0v) is 21.1. The summed E-state index contributed by atoms with van der Waals surface area (Å²) in [7, 11) is 0. The van der Waals surface area contributed by atoms with Crippen molar-refractivity contribution in [1.82, 2.24) is 9.97 Å². The van der Waals surface area contributed by atoms with Gasteiger partial charge in [0.2, 0.25) is 6.17 Å². The van der Waals surface area contributed by atoms with Crippen molar-refractivity contribution in [3.8, 4) is 11.5 Å². The molecule has 1 unspecified atom stereocenters. The molecule has 2 aliphatic heterocycles. The minimum absolute atomic E-state index is 0.0267. The van der Waals surface area contributed by atoms with Gasteiger partial charge in [0.05, 0.1) is 36.4 Å². The van der Waals surface area contributed by atoms with Crippen molar-refractivity contribution in [2.75, 3.05) is 41.8 Å². The highest BCUT2D eigenvalue weighted by Crippen LogP contribution is 2.37.